The zero-order valence-electron chi connectivity index (χ0n) is 12.4. The molecule has 0 saturated heterocycles. The van der Waals surface area contributed by atoms with Crippen LogP contribution in [0.1, 0.15) is 38.5 Å². The van der Waals surface area contributed by atoms with Gasteiger partial charge in [0.2, 0.25) is 0 Å². The summed E-state index contributed by atoms with van der Waals surface area (Å²) in [6.07, 6.45) is 8.72. The molecule has 0 spiro atoms. The van der Waals surface area contributed by atoms with Crippen molar-refractivity contribution >= 4 is 27.5 Å². The lowest BCUT2D eigenvalue weighted by atomic mass is 10.1. The molecule has 0 unspecified atom stereocenters. The van der Waals surface area contributed by atoms with E-state index in [9.17, 15) is 10.1 Å². The molecule has 1 fully saturated rings. The van der Waals surface area contributed by atoms with Crippen LogP contribution < -0.4 is 10.6 Å². The molecular weight excluding hydrogens is 342 g/mol. The molecule has 22 heavy (non-hydrogen) atoms. The fourth-order valence-corrected chi connectivity index (χ4v) is 2.79. The molecule has 0 bridgehead atoms. The quantitative estimate of drug-likeness (QED) is 0.481. The minimum atomic E-state index is -0.383. The number of halogens is 1. The third-order valence-electron chi connectivity index (χ3n) is 3.79. The van der Waals surface area contributed by atoms with Crippen LogP contribution in [0.25, 0.3) is 0 Å². The molecule has 116 valence electrons. The molecule has 1 amide bonds. The maximum atomic E-state index is 12.1. The van der Waals surface area contributed by atoms with Gasteiger partial charge in [0.25, 0.3) is 5.91 Å². The molecule has 1 aromatic carbocycles. The summed E-state index contributed by atoms with van der Waals surface area (Å²) in [7, 11) is 0. The Labute approximate surface area is 139 Å². The van der Waals surface area contributed by atoms with E-state index in [-0.39, 0.29) is 11.5 Å². The Bertz CT molecular complexity index is 567. The summed E-state index contributed by atoms with van der Waals surface area (Å²) >= 11 is 3.34. The number of hydrogen-bond donors (Lipinski definition) is 2. The Morgan fingerprint density at radius 2 is 1.82 bits per heavy atom. The first-order chi connectivity index (χ1) is 10.7. The van der Waals surface area contributed by atoms with Gasteiger partial charge in [0.05, 0.1) is 0 Å². The number of amides is 1. The van der Waals surface area contributed by atoms with Gasteiger partial charge in [0, 0.05) is 22.4 Å². The summed E-state index contributed by atoms with van der Waals surface area (Å²) in [4.78, 5) is 12.1. The second kappa shape index (κ2) is 8.60. The van der Waals surface area contributed by atoms with Crippen molar-refractivity contribution in [2.45, 2.75) is 44.6 Å². The Kier molecular flexibility index (Phi) is 6.47. The number of benzene rings is 1. The van der Waals surface area contributed by atoms with E-state index in [1.807, 2.05) is 18.2 Å². The van der Waals surface area contributed by atoms with Gasteiger partial charge in [-0.1, -0.05) is 41.6 Å². The van der Waals surface area contributed by atoms with E-state index in [2.05, 4.69) is 26.6 Å². The number of hydrogen-bond acceptors (Lipinski definition) is 3. The Balaban J connectivity index is 1.94. The van der Waals surface area contributed by atoms with Gasteiger partial charge in [-0.05, 0) is 37.1 Å². The molecule has 2 rings (SSSR count). The highest BCUT2D eigenvalue weighted by atomic mass is 79.9. The van der Waals surface area contributed by atoms with Crippen LogP contribution in [0.4, 0.5) is 5.69 Å². The van der Waals surface area contributed by atoms with Crippen molar-refractivity contribution in [2.75, 3.05) is 5.32 Å². The first-order valence-corrected chi connectivity index (χ1v) is 8.41. The number of rotatable bonds is 4. The van der Waals surface area contributed by atoms with E-state index in [1.54, 1.807) is 18.3 Å². The topological polar surface area (TPSA) is 64.9 Å². The second-order valence-corrected chi connectivity index (χ2v) is 6.40. The monoisotopic (exact) mass is 361 g/mol. The van der Waals surface area contributed by atoms with Gasteiger partial charge in [-0.3, -0.25) is 4.79 Å². The van der Waals surface area contributed by atoms with E-state index < -0.39 is 0 Å². The summed E-state index contributed by atoms with van der Waals surface area (Å²) in [5.74, 6) is -0.383. The number of carbonyl (C=O) groups excluding carboxylic acids is 1. The van der Waals surface area contributed by atoms with Crippen LogP contribution in [0.3, 0.4) is 0 Å². The number of nitrogens with zero attached hydrogens (tertiary/aromatic N) is 1. The third kappa shape index (κ3) is 5.19. The molecule has 1 aromatic rings. The Morgan fingerprint density at radius 3 is 2.41 bits per heavy atom. The summed E-state index contributed by atoms with van der Waals surface area (Å²) in [6.45, 7) is 0. The van der Waals surface area contributed by atoms with Crippen molar-refractivity contribution in [2.24, 2.45) is 0 Å². The molecule has 1 aliphatic carbocycles. The average molecular weight is 362 g/mol. The van der Waals surface area contributed by atoms with Gasteiger partial charge in [-0.2, -0.15) is 5.26 Å². The van der Waals surface area contributed by atoms with Crippen LogP contribution in [-0.2, 0) is 4.79 Å². The van der Waals surface area contributed by atoms with Crippen molar-refractivity contribution in [3.05, 3.63) is 40.5 Å². The van der Waals surface area contributed by atoms with Gasteiger partial charge in [0.15, 0.2) is 0 Å². The van der Waals surface area contributed by atoms with Gasteiger partial charge in [0.1, 0.15) is 11.6 Å². The van der Waals surface area contributed by atoms with E-state index in [1.165, 1.54) is 25.7 Å². The van der Waals surface area contributed by atoms with Crippen molar-refractivity contribution in [3.63, 3.8) is 0 Å². The van der Waals surface area contributed by atoms with Gasteiger partial charge < -0.3 is 10.6 Å². The van der Waals surface area contributed by atoms with Crippen LogP contribution in [0.15, 0.2) is 40.5 Å². The minimum absolute atomic E-state index is 0.104. The first-order valence-electron chi connectivity index (χ1n) is 7.62. The third-order valence-corrected chi connectivity index (χ3v) is 4.31. The van der Waals surface area contributed by atoms with Crippen molar-refractivity contribution in [1.82, 2.24) is 5.32 Å². The largest absolute Gasteiger partial charge is 0.387 e. The normalized spacial score (nSPS) is 16.5. The van der Waals surface area contributed by atoms with Crippen LogP contribution >= 0.6 is 15.9 Å². The van der Waals surface area contributed by atoms with Crippen LogP contribution in [0.5, 0.6) is 0 Å². The van der Waals surface area contributed by atoms with E-state index in [0.29, 0.717) is 11.7 Å². The van der Waals surface area contributed by atoms with E-state index in [0.717, 1.165) is 17.3 Å². The second-order valence-electron chi connectivity index (χ2n) is 5.49. The lowest BCUT2D eigenvalue weighted by molar-refractivity contribution is -0.112. The van der Waals surface area contributed by atoms with E-state index in [4.69, 9.17) is 0 Å². The average Bonchev–Trinajstić information content (AvgIpc) is 2.79. The minimum Gasteiger partial charge on any atom is -0.387 e. The molecule has 0 radical (unpaired) electrons. The number of nitriles is 1. The molecule has 0 aromatic heterocycles. The zero-order chi connectivity index (χ0) is 15.8. The Hall–Kier alpha value is -1.80. The summed E-state index contributed by atoms with van der Waals surface area (Å²) in [5, 5.41) is 15.1. The maximum Gasteiger partial charge on any atom is 0.267 e. The summed E-state index contributed by atoms with van der Waals surface area (Å²) in [5.41, 5.74) is 0.774. The maximum absolute atomic E-state index is 12.1. The molecule has 0 heterocycles. The first kappa shape index (κ1) is 16.6. The van der Waals surface area contributed by atoms with Crippen LogP contribution in [0.2, 0.25) is 0 Å². The Morgan fingerprint density at radius 1 is 1.18 bits per heavy atom. The lowest BCUT2D eigenvalue weighted by Crippen LogP contribution is -2.25. The molecule has 1 saturated carbocycles. The lowest BCUT2D eigenvalue weighted by Gasteiger charge is -2.14. The molecule has 2 N–H and O–H groups in total. The smallest absolute Gasteiger partial charge is 0.267 e. The highest BCUT2D eigenvalue weighted by Gasteiger charge is 2.13. The molecule has 0 atom stereocenters. The summed E-state index contributed by atoms with van der Waals surface area (Å²) < 4.78 is 0.941. The predicted molar refractivity (Wildman–Crippen MR) is 91.1 cm³/mol. The molecular formula is C17H20BrN3O. The predicted octanol–water partition coefficient (Wildman–Crippen LogP) is 4.11. The van der Waals surface area contributed by atoms with Crippen LogP contribution in [-0.4, -0.2) is 11.9 Å². The molecule has 0 aliphatic heterocycles. The highest BCUT2D eigenvalue weighted by Crippen LogP contribution is 2.18. The highest BCUT2D eigenvalue weighted by molar-refractivity contribution is 9.10. The zero-order valence-corrected chi connectivity index (χ0v) is 14.0. The number of carbonyl (C=O) groups is 1. The van der Waals surface area contributed by atoms with Gasteiger partial charge in [-0.25, -0.2) is 0 Å². The van der Waals surface area contributed by atoms with Gasteiger partial charge in [-0.15, -0.1) is 0 Å². The fraction of sp³-hybridized carbons (Fsp3) is 0.412. The standard InChI is InChI=1S/C17H20BrN3O/c18-14-7-9-16(10-8-14)21-17(22)13(11-19)12-20-15-5-3-1-2-4-6-15/h7-10,12,15,20H,1-6H2,(H,21,22)/b13-12-. The number of nitrogens with one attached hydrogen (secondary N) is 2. The molecule has 5 heteroatoms. The van der Waals surface area contributed by atoms with Crippen molar-refractivity contribution in [1.29, 1.82) is 5.26 Å². The van der Waals surface area contributed by atoms with Crippen LogP contribution in [0, 0.1) is 11.3 Å². The summed E-state index contributed by atoms with van der Waals surface area (Å²) in [6, 6.07) is 9.59. The van der Waals surface area contributed by atoms with Crippen molar-refractivity contribution < 1.29 is 4.79 Å². The fourth-order valence-electron chi connectivity index (χ4n) is 2.53. The number of anilines is 1. The van der Waals surface area contributed by atoms with Crippen molar-refractivity contribution in [3.8, 4) is 6.07 Å². The van der Waals surface area contributed by atoms with E-state index >= 15 is 0 Å². The van der Waals surface area contributed by atoms with Gasteiger partial charge >= 0.3 is 0 Å². The molecule has 1 aliphatic rings. The molecule has 4 nitrogen and oxygen atoms in total. The SMILES string of the molecule is N#C/C(=C/NC1CCCCCC1)C(=O)Nc1ccc(Br)cc1.